The van der Waals surface area contributed by atoms with Gasteiger partial charge in [0.05, 0.1) is 22.4 Å². The van der Waals surface area contributed by atoms with Crippen molar-refractivity contribution in [2.75, 3.05) is 13.1 Å². The molecule has 4 rings (SSSR count). The van der Waals surface area contributed by atoms with E-state index in [0.717, 1.165) is 5.56 Å². The largest absolute Gasteiger partial charge is 0.435 e. The number of halogens is 3. The fraction of sp³-hybridized carbons (Fsp3) is 0.423. The smallest absolute Gasteiger partial charge is 0.389 e. The van der Waals surface area contributed by atoms with E-state index in [-0.39, 0.29) is 31.6 Å². The summed E-state index contributed by atoms with van der Waals surface area (Å²) >= 11 is 0. The van der Waals surface area contributed by atoms with E-state index in [1.807, 2.05) is 30.3 Å². The number of hydrogen-bond donors (Lipinski definition) is 1. The summed E-state index contributed by atoms with van der Waals surface area (Å²) in [5.74, 6) is -0.735. The van der Waals surface area contributed by atoms with Gasteiger partial charge in [-0.15, -0.1) is 0 Å². The van der Waals surface area contributed by atoms with E-state index in [0.29, 0.717) is 12.0 Å². The van der Waals surface area contributed by atoms with Crippen LogP contribution in [-0.4, -0.2) is 49.4 Å². The van der Waals surface area contributed by atoms with Crippen molar-refractivity contribution in [1.29, 1.82) is 0 Å². The van der Waals surface area contributed by atoms with Gasteiger partial charge in [-0.2, -0.15) is 18.3 Å². The van der Waals surface area contributed by atoms with Crippen molar-refractivity contribution < 1.29 is 23.1 Å². The first kappa shape index (κ1) is 24.9. The van der Waals surface area contributed by atoms with Gasteiger partial charge in [-0.05, 0) is 51.3 Å². The third-order valence-electron chi connectivity index (χ3n) is 6.31. The summed E-state index contributed by atoms with van der Waals surface area (Å²) in [7, 11) is 0. The first-order chi connectivity index (χ1) is 16.4. The molecule has 0 atom stereocenters. The zero-order chi connectivity index (χ0) is 25.4. The number of rotatable bonds is 4. The number of benzene rings is 1. The summed E-state index contributed by atoms with van der Waals surface area (Å²) in [6, 6.07) is 12.7. The third kappa shape index (κ3) is 5.24. The van der Waals surface area contributed by atoms with Crippen molar-refractivity contribution in [1.82, 2.24) is 19.7 Å². The molecule has 1 N–H and O–H groups in total. The zero-order valence-electron chi connectivity index (χ0n) is 20.0. The molecule has 1 aliphatic rings. The van der Waals surface area contributed by atoms with E-state index in [1.165, 1.54) is 22.0 Å². The standard InChI is InChI=1S/C26H29F3N4O2/c1-24(2,3)33-21(19-9-13-30-14-10-19)20(22(31-33)26(27,28)29)23(34)32-15-11-25(35,12-16-32)17-18-7-5-4-6-8-18/h4-10,13-14,35H,11-12,15-17H2,1-3H3. The molecule has 3 heterocycles. The molecule has 3 aromatic rings. The number of aromatic nitrogens is 3. The number of hydrogen-bond acceptors (Lipinski definition) is 4. The molecular formula is C26H29F3N4O2. The second-order valence-corrected chi connectivity index (χ2v) is 10.1. The van der Waals surface area contributed by atoms with E-state index in [9.17, 15) is 23.1 Å². The second kappa shape index (κ2) is 9.11. The van der Waals surface area contributed by atoms with Crippen LogP contribution in [0.3, 0.4) is 0 Å². The summed E-state index contributed by atoms with van der Waals surface area (Å²) in [5, 5.41) is 15.0. The Morgan fingerprint density at radius 3 is 2.17 bits per heavy atom. The van der Waals surface area contributed by atoms with Crippen molar-refractivity contribution in [3.05, 3.63) is 71.7 Å². The fourth-order valence-corrected chi connectivity index (χ4v) is 4.52. The Kier molecular flexibility index (Phi) is 6.48. The maximum absolute atomic E-state index is 14.1. The van der Waals surface area contributed by atoms with Crippen molar-refractivity contribution in [3.63, 3.8) is 0 Å². The average Bonchev–Trinajstić information content (AvgIpc) is 3.22. The lowest BCUT2D eigenvalue weighted by atomic mass is 9.85. The SMILES string of the molecule is CC(C)(C)n1nc(C(F)(F)F)c(C(=O)N2CCC(O)(Cc3ccccc3)CC2)c1-c1ccncc1. The molecule has 0 aliphatic carbocycles. The molecular weight excluding hydrogens is 457 g/mol. The minimum absolute atomic E-state index is 0.113. The molecule has 6 nitrogen and oxygen atoms in total. The normalized spacial score (nSPS) is 16.4. The molecule has 186 valence electrons. The monoisotopic (exact) mass is 486 g/mol. The van der Waals surface area contributed by atoms with Crippen LogP contribution < -0.4 is 0 Å². The molecule has 0 unspecified atom stereocenters. The van der Waals surface area contributed by atoms with E-state index in [4.69, 9.17) is 0 Å². The second-order valence-electron chi connectivity index (χ2n) is 10.1. The minimum atomic E-state index is -4.81. The molecule has 2 aromatic heterocycles. The molecule has 1 saturated heterocycles. The quantitative estimate of drug-likeness (QED) is 0.568. The highest BCUT2D eigenvalue weighted by Crippen LogP contribution is 2.40. The number of likely N-dealkylation sites (tertiary alicyclic amines) is 1. The predicted molar refractivity (Wildman–Crippen MR) is 126 cm³/mol. The van der Waals surface area contributed by atoms with Crippen LogP contribution in [0.15, 0.2) is 54.9 Å². The summed E-state index contributed by atoms with van der Waals surface area (Å²) in [4.78, 5) is 19.0. The highest BCUT2D eigenvalue weighted by molar-refractivity contribution is 6.01. The first-order valence-corrected chi connectivity index (χ1v) is 11.6. The van der Waals surface area contributed by atoms with Crippen molar-refractivity contribution >= 4 is 5.91 Å². The van der Waals surface area contributed by atoms with Crippen LogP contribution in [0.1, 0.15) is 55.2 Å². The van der Waals surface area contributed by atoms with Crippen LogP contribution in [0.4, 0.5) is 13.2 Å². The van der Waals surface area contributed by atoms with E-state index in [2.05, 4.69) is 10.1 Å². The van der Waals surface area contributed by atoms with Gasteiger partial charge in [0.1, 0.15) is 0 Å². The van der Waals surface area contributed by atoms with Crippen LogP contribution in [0.2, 0.25) is 0 Å². The summed E-state index contributed by atoms with van der Waals surface area (Å²) in [6.45, 7) is 5.52. The molecule has 0 radical (unpaired) electrons. The topological polar surface area (TPSA) is 71.2 Å². The maximum Gasteiger partial charge on any atom is 0.435 e. The Balaban J connectivity index is 1.70. The van der Waals surface area contributed by atoms with Crippen LogP contribution in [0.5, 0.6) is 0 Å². The van der Waals surface area contributed by atoms with Gasteiger partial charge in [0.25, 0.3) is 5.91 Å². The number of pyridine rings is 1. The van der Waals surface area contributed by atoms with Crippen molar-refractivity contribution in [3.8, 4) is 11.3 Å². The zero-order valence-corrected chi connectivity index (χ0v) is 20.0. The summed E-state index contributed by atoms with van der Waals surface area (Å²) in [6.07, 6.45) is -0.899. The lowest BCUT2D eigenvalue weighted by Gasteiger charge is -2.38. The van der Waals surface area contributed by atoms with E-state index >= 15 is 0 Å². The number of amides is 1. The van der Waals surface area contributed by atoms with Crippen LogP contribution in [0, 0.1) is 0 Å². The maximum atomic E-state index is 14.1. The Morgan fingerprint density at radius 2 is 1.63 bits per heavy atom. The molecule has 1 amide bonds. The first-order valence-electron chi connectivity index (χ1n) is 11.6. The number of carbonyl (C=O) groups is 1. The van der Waals surface area contributed by atoms with Crippen molar-refractivity contribution in [2.24, 2.45) is 0 Å². The third-order valence-corrected chi connectivity index (χ3v) is 6.31. The fourth-order valence-electron chi connectivity index (χ4n) is 4.52. The molecule has 1 aliphatic heterocycles. The Hall–Kier alpha value is -3.20. The highest BCUT2D eigenvalue weighted by Gasteiger charge is 2.45. The van der Waals surface area contributed by atoms with Gasteiger partial charge < -0.3 is 10.0 Å². The van der Waals surface area contributed by atoms with Crippen LogP contribution >= 0.6 is 0 Å². The highest BCUT2D eigenvalue weighted by atomic mass is 19.4. The average molecular weight is 487 g/mol. The van der Waals surface area contributed by atoms with E-state index < -0.39 is 34.5 Å². The van der Waals surface area contributed by atoms with Gasteiger partial charge in [0.15, 0.2) is 5.69 Å². The molecule has 35 heavy (non-hydrogen) atoms. The summed E-state index contributed by atoms with van der Waals surface area (Å²) in [5.41, 5.74) is -1.98. The van der Waals surface area contributed by atoms with Gasteiger partial charge >= 0.3 is 6.18 Å². The number of piperidine rings is 1. The molecule has 1 aromatic carbocycles. The Morgan fingerprint density at radius 1 is 1.03 bits per heavy atom. The van der Waals surface area contributed by atoms with Gasteiger partial charge in [-0.25, -0.2) is 0 Å². The lowest BCUT2D eigenvalue weighted by Crippen LogP contribution is -2.48. The number of nitrogens with zero attached hydrogens (tertiary/aromatic N) is 4. The minimum Gasteiger partial charge on any atom is -0.389 e. The Bertz CT molecular complexity index is 1180. The lowest BCUT2D eigenvalue weighted by molar-refractivity contribution is -0.142. The van der Waals surface area contributed by atoms with Crippen LogP contribution in [-0.2, 0) is 18.1 Å². The number of carbonyl (C=O) groups excluding carboxylic acids is 1. The summed E-state index contributed by atoms with van der Waals surface area (Å²) < 4.78 is 43.7. The van der Waals surface area contributed by atoms with Gasteiger partial charge in [-0.3, -0.25) is 14.5 Å². The van der Waals surface area contributed by atoms with Crippen LogP contribution in [0.25, 0.3) is 11.3 Å². The molecule has 0 bridgehead atoms. The van der Waals surface area contributed by atoms with E-state index in [1.54, 1.807) is 32.9 Å². The molecule has 9 heteroatoms. The molecule has 0 saturated carbocycles. The van der Waals surface area contributed by atoms with Gasteiger partial charge in [-0.1, -0.05) is 30.3 Å². The number of aliphatic hydroxyl groups is 1. The molecule has 1 fully saturated rings. The van der Waals surface area contributed by atoms with Crippen molar-refractivity contribution in [2.45, 2.75) is 57.3 Å². The van der Waals surface area contributed by atoms with Gasteiger partial charge in [0, 0.05) is 37.5 Å². The van der Waals surface area contributed by atoms with Gasteiger partial charge in [0.2, 0.25) is 0 Å². The number of alkyl halides is 3. The molecule has 0 spiro atoms. The Labute approximate surface area is 202 Å². The predicted octanol–water partition coefficient (Wildman–Crippen LogP) is 4.93.